The third-order valence-electron chi connectivity index (χ3n) is 4.25. The first-order chi connectivity index (χ1) is 10.2. The van der Waals surface area contributed by atoms with Gasteiger partial charge in [-0.05, 0) is 32.9 Å². The van der Waals surface area contributed by atoms with E-state index in [0.29, 0.717) is 13.0 Å². The summed E-state index contributed by atoms with van der Waals surface area (Å²) in [5.41, 5.74) is -0.863. The van der Waals surface area contributed by atoms with Crippen LogP contribution in [0.2, 0.25) is 0 Å². The number of rotatable bonds is 4. The largest absolute Gasteiger partial charge is 0.355 e. The van der Waals surface area contributed by atoms with E-state index in [1.165, 1.54) is 12.1 Å². The molecule has 22 heavy (non-hydrogen) atoms. The standard InChI is InChI=1S/C16H21F3N2O/c1-15(2,12-5-3-4-6-13(12)17)14(22)21-9-11-7-8-20-10-16(11,18)19/h3-6,11,20H,7-10H2,1-2H3,(H,21,22). The minimum atomic E-state index is -2.84. The van der Waals surface area contributed by atoms with Crippen molar-refractivity contribution in [3.8, 4) is 0 Å². The molecule has 1 saturated heterocycles. The summed E-state index contributed by atoms with van der Waals surface area (Å²) in [6.45, 7) is 3.20. The maximum absolute atomic E-state index is 13.9. The van der Waals surface area contributed by atoms with Crippen LogP contribution in [0.3, 0.4) is 0 Å². The third kappa shape index (κ3) is 3.43. The Labute approximate surface area is 128 Å². The Morgan fingerprint density at radius 1 is 1.41 bits per heavy atom. The van der Waals surface area contributed by atoms with Gasteiger partial charge in [0.1, 0.15) is 5.82 Å². The smallest absolute Gasteiger partial charge is 0.264 e. The van der Waals surface area contributed by atoms with E-state index >= 15 is 0 Å². The minimum absolute atomic E-state index is 0.106. The fourth-order valence-electron chi connectivity index (χ4n) is 2.67. The van der Waals surface area contributed by atoms with E-state index < -0.39 is 29.0 Å². The summed E-state index contributed by atoms with van der Waals surface area (Å²) in [4.78, 5) is 12.3. The Morgan fingerprint density at radius 3 is 2.73 bits per heavy atom. The van der Waals surface area contributed by atoms with Crippen LogP contribution in [-0.4, -0.2) is 31.5 Å². The molecule has 0 aromatic heterocycles. The van der Waals surface area contributed by atoms with Gasteiger partial charge in [-0.1, -0.05) is 18.2 Å². The van der Waals surface area contributed by atoms with Crippen molar-refractivity contribution >= 4 is 5.91 Å². The van der Waals surface area contributed by atoms with Crippen molar-refractivity contribution in [2.75, 3.05) is 19.6 Å². The first-order valence-electron chi connectivity index (χ1n) is 7.37. The molecule has 1 unspecified atom stereocenters. The summed E-state index contributed by atoms with van der Waals surface area (Å²) in [5.74, 6) is -4.66. The Balaban J connectivity index is 2.04. The molecule has 2 rings (SSSR count). The normalized spacial score (nSPS) is 21.4. The van der Waals surface area contributed by atoms with Crippen LogP contribution in [0, 0.1) is 11.7 Å². The number of carbonyl (C=O) groups is 1. The van der Waals surface area contributed by atoms with Gasteiger partial charge in [0.15, 0.2) is 0 Å². The molecular weight excluding hydrogens is 293 g/mol. The predicted molar refractivity (Wildman–Crippen MR) is 78.4 cm³/mol. The van der Waals surface area contributed by atoms with E-state index in [2.05, 4.69) is 10.6 Å². The molecule has 1 fully saturated rings. The van der Waals surface area contributed by atoms with Crippen molar-refractivity contribution in [1.82, 2.24) is 10.6 Å². The molecule has 2 N–H and O–H groups in total. The maximum Gasteiger partial charge on any atom is 0.264 e. The Bertz CT molecular complexity index is 546. The first-order valence-corrected chi connectivity index (χ1v) is 7.37. The number of hydrogen-bond donors (Lipinski definition) is 2. The van der Waals surface area contributed by atoms with Crippen LogP contribution in [0.4, 0.5) is 13.2 Å². The van der Waals surface area contributed by atoms with Gasteiger partial charge in [0.2, 0.25) is 5.91 Å². The average Bonchev–Trinajstić information content (AvgIpc) is 2.45. The van der Waals surface area contributed by atoms with Gasteiger partial charge >= 0.3 is 0 Å². The van der Waals surface area contributed by atoms with Crippen LogP contribution in [0.25, 0.3) is 0 Å². The lowest BCUT2D eigenvalue weighted by atomic mass is 9.83. The Morgan fingerprint density at radius 2 is 2.09 bits per heavy atom. The fourth-order valence-corrected chi connectivity index (χ4v) is 2.67. The van der Waals surface area contributed by atoms with E-state index in [1.807, 2.05) is 0 Å². The van der Waals surface area contributed by atoms with Gasteiger partial charge in [-0.15, -0.1) is 0 Å². The van der Waals surface area contributed by atoms with Gasteiger partial charge in [0.05, 0.1) is 12.0 Å². The summed E-state index contributed by atoms with van der Waals surface area (Å²) in [7, 11) is 0. The van der Waals surface area contributed by atoms with Gasteiger partial charge in [0, 0.05) is 18.0 Å². The topological polar surface area (TPSA) is 41.1 Å². The van der Waals surface area contributed by atoms with Gasteiger partial charge < -0.3 is 10.6 Å². The average molecular weight is 314 g/mol. The van der Waals surface area contributed by atoms with Crippen molar-refractivity contribution in [2.24, 2.45) is 5.92 Å². The third-order valence-corrected chi connectivity index (χ3v) is 4.25. The van der Waals surface area contributed by atoms with E-state index in [-0.39, 0.29) is 18.7 Å². The van der Waals surface area contributed by atoms with Crippen molar-refractivity contribution in [3.05, 3.63) is 35.6 Å². The Kier molecular flexibility index (Phi) is 4.80. The van der Waals surface area contributed by atoms with Gasteiger partial charge in [-0.3, -0.25) is 4.79 Å². The number of piperidine rings is 1. The van der Waals surface area contributed by atoms with Gasteiger partial charge in [-0.2, -0.15) is 0 Å². The predicted octanol–water partition coefficient (Wildman–Crippen LogP) is 2.46. The lowest BCUT2D eigenvalue weighted by Gasteiger charge is -2.33. The zero-order valence-electron chi connectivity index (χ0n) is 12.8. The molecule has 1 aromatic rings. The van der Waals surface area contributed by atoms with Crippen LogP contribution in [0.1, 0.15) is 25.8 Å². The van der Waals surface area contributed by atoms with Gasteiger partial charge in [0.25, 0.3) is 5.92 Å². The van der Waals surface area contributed by atoms with Crippen LogP contribution in [0.5, 0.6) is 0 Å². The Hall–Kier alpha value is -1.56. The van der Waals surface area contributed by atoms with Crippen LogP contribution in [0.15, 0.2) is 24.3 Å². The van der Waals surface area contributed by atoms with Crippen molar-refractivity contribution < 1.29 is 18.0 Å². The number of benzene rings is 1. The molecule has 1 aromatic carbocycles. The number of halogens is 3. The number of nitrogens with one attached hydrogen (secondary N) is 2. The monoisotopic (exact) mass is 314 g/mol. The molecule has 1 atom stereocenters. The quantitative estimate of drug-likeness (QED) is 0.896. The molecule has 0 spiro atoms. The summed E-state index contributed by atoms with van der Waals surface area (Å²) in [6.07, 6.45) is 0.299. The lowest BCUT2D eigenvalue weighted by molar-refractivity contribution is -0.127. The highest BCUT2D eigenvalue weighted by Gasteiger charge is 2.42. The second kappa shape index (κ2) is 6.28. The van der Waals surface area contributed by atoms with Crippen LogP contribution < -0.4 is 10.6 Å². The zero-order valence-corrected chi connectivity index (χ0v) is 12.8. The van der Waals surface area contributed by atoms with Crippen molar-refractivity contribution in [3.63, 3.8) is 0 Å². The molecule has 0 bridgehead atoms. The summed E-state index contributed by atoms with van der Waals surface area (Å²) < 4.78 is 41.3. The fraction of sp³-hybridized carbons (Fsp3) is 0.562. The maximum atomic E-state index is 13.9. The molecular formula is C16H21F3N2O. The molecule has 1 amide bonds. The lowest BCUT2D eigenvalue weighted by Crippen LogP contribution is -2.51. The second-order valence-corrected chi connectivity index (χ2v) is 6.24. The number of carbonyl (C=O) groups excluding carboxylic acids is 1. The number of hydrogen-bond acceptors (Lipinski definition) is 2. The molecule has 0 radical (unpaired) electrons. The minimum Gasteiger partial charge on any atom is -0.355 e. The SMILES string of the molecule is CC(C)(C(=O)NCC1CCNCC1(F)F)c1ccccc1F. The zero-order chi connectivity index (χ0) is 16.4. The van der Waals surface area contributed by atoms with E-state index in [4.69, 9.17) is 0 Å². The van der Waals surface area contributed by atoms with Crippen LogP contribution in [-0.2, 0) is 10.2 Å². The summed E-state index contributed by atoms with van der Waals surface area (Å²) in [5, 5.41) is 5.20. The molecule has 0 aliphatic carbocycles. The molecule has 3 nitrogen and oxygen atoms in total. The first kappa shape index (κ1) is 16.8. The number of amides is 1. The van der Waals surface area contributed by atoms with Gasteiger partial charge in [-0.25, -0.2) is 13.2 Å². The van der Waals surface area contributed by atoms with E-state index in [9.17, 15) is 18.0 Å². The van der Waals surface area contributed by atoms with Crippen molar-refractivity contribution in [2.45, 2.75) is 31.6 Å². The van der Waals surface area contributed by atoms with E-state index in [0.717, 1.165) is 0 Å². The molecule has 6 heteroatoms. The van der Waals surface area contributed by atoms with E-state index in [1.54, 1.807) is 26.0 Å². The molecule has 122 valence electrons. The molecule has 1 aliphatic rings. The highest BCUT2D eigenvalue weighted by molar-refractivity contribution is 5.87. The molecule has 1 heterocycles. The summed E-state index contributed by atoms with van der Waals surface area (Å²) >= 11 is 0. The van der Waals surface area contributed by atoms with Crippen LogP contribution >= 0.6 is 0 Å². The highest BCUT2D eigenvalue weighted by Crippen LogP contribution is 2.30. The summed E-state index contributed by atoms with van der Waals surface area (Å²) in [6, 6.07) is 6.01. The number of alkyl halides is 2. The highest BCUT2D eigenvalue weighted by atomic mass is 19.3. The second-order valence-electron chi connectivity index (χ2n) is 6.24. The van der Waals surface area contributed by atoms with Crippen molar-refractivity contribution in [1.29, 1.82) is 0 Å². The molecule has 1 aliphatic heterocycles. The molecule has 0 saturated carbocycles.